The third kappa shape index (κ3) is 2.65. The van der Waals surface area contributed by atoms with Gasteiger partial charge in [-0.3, -0.25) is 0 Å². The summed E-state index contributed by atoms with van der Waals surface area (Å²) >= 11 is 0. The number of hydrogen-bond acceptors (Lipinski definition) is 4. The van der Waals surface area contributed by atoms with E-state index in [-0.39, 0.29) is 18.2 Å². The van der Waals surface area contributed by atoms with Gasteiger partial charge in [-0.05, 0) is 19.3 Å². The molecular weight excluding hydrogens is 240 g/mol. The summed E-state index contributed by atoms with van der Waals surface area (Å²) in [5.41, 5.74) is 4.71. The van der Waals surface area contributed by atoms with Crippen LogP contribution >= 0.6 is 0 Å². The predicted molar refractivity (Wildman–Crippen MR) is 65.9 cm³/mol. The Morgan fingerprint density at radius 3 is 2.82 bits per heavy atom. The van der Waals surface area contributed by atoms with Crippen LogP contribution in [0.25, 0.3) is 0 Å². The van der Waals surface area contributed by atoms with Gasteiger partial charge in [0.2, 0.25) is 10.0 Å². The van der Waals surface area contributed by atoms with Gasteiger partial charge in [-0.25, -0.2) is 12.7 Å². The molecule has 0 bridgehead atoms. The second-order valence-corrected chi connectivity index (χ2v) is 7.35. The highest BCUT2D eigenvalue weighted by Crippen LogP contribution is 2.40. The zero-order valence-corrected chi connectivity index (χ0v) is 11.0. The lowest BCUT2D eigenvalue weighted by molar-refractivity contribution is -0.0816. The molecule has 0 spiro atoms. The number of rotatable bonds is 3. The minimum atomic E-state index is -3.21. The lowest BCUT2D eigenvalue weighted by atomic mass is 9.72. The first-order chi connectivity index (χ1) is 7.98. The summed E-state index contributed by atoms with van der Waals surface area (Å²) in [5.74, 6) is 0.121. The van der Waals surface area contributed by atoms with Crippen molar-refractivity contribution in [1.82, 2.24) is 4.31 Å². The molecule has 100 valence electrons. The highest BCUT2D eigenvalue weighted by molar-refractivity contribution is 7.89. The molecule has 2 atom stereocenters. The summed E-state index contributed by atoms with van der Waals surface area (Å²) in [4.78, 5) is 0. The summed E-state index contributed by atoms with van der Waals surface area (Å²) in [6.45, 7) is 1.07. The number of hydrogen-bond donors (Lipinski definition) is 2. The van der Waals surface area contributed by atoms with Crippen LogP contribution in [0.3, 0.4) is 0 Å². The summed E-state index contributed by atoms with van der Waals surface area (Å²) in [5, 5.41) is 10.5. The molecule has 1 saturated heterocycles. The maximum atomic E-state index is 11.9. The molecule has 2 rings (SSSR count). The lowest BCUT2D eigenvalue weighted by Gasteiger charge is -2.46. The van der Waals surface area contributed by atoms with Crippen LogP contribution < -0.4 is 5.73 Å². The molecule has 1 aliphatic heterocycles. The minimum Gasteiger partial charge on any atom is -0.390 e. The molecule has 17 heavy (non-hydrogen) atoms. The summed E-state index contributed by atoms with van der Waals surface area (Å²) in [7, 11) is -3.21. The average Bonchev–Trinajstić information content (AvgIpc) is 2.27. The van der Waals surface area contributed by atoms with E-state index < -0.39 is 15.6 Å². The Bertz CT molecular complexity index is 371. The number of nitrogens with zero attached hydrogens (tertiary/aromatic N) is 1. The Morgan fingerprint density at radius 2 is 2.12 bits per heavy atom. The topological polar surface area (TPSA) is 83.6 Å². The SMILES string of the molecule is NCCS(=O)(=O)N1CCC2(O)CCCCC2C1. The van der Waals surface area contributed by atoms with Gasteiger partial charge in [-0.15, -0.1) is 0 Å². The van der Waals surface area contributed by atoms with Gasteiger partial charge in [-0.2, -0.15) is 0 Å². The van der Waals surface area contributed by atoms with Gasteiger partial charge in [0.1, 0.15) is 0 Å². The van der Waals surface area contributed by atoms with Crippen molar-refractivity contribution in [2.45, 2.75) is 37.7 Å². The molecule has 6 heteroatoms. The number of piperidine rings is 1. The van der Waals surface area contributed by atoms with Crippen LogP contribution in [0.4, 0.5) is 0 Å². The Kier molecular flexibility index (Phi) is 3.77. The Balaban J connectivity index is 2.07. The first-order valence-corrected chi connectivity index (χ1v) is 7.99. The fraction of sp³-hybridized carbons (Fsp3) is 1.00. The monoisotopic (exact) mass is 262 g/mol. The van der Waals surface area contributed by atoms with Crippen LogP contribution in [0.2, 0.25) is 0 Å². The number of fused-ring (bicyclic) bond motifs is 1. The summed E-state index contributed by atoms with van der Waals surface area (Å²) in [6, 6.07) is 0. The van der Waals surface area contributed by atoms with Gasteiger partial charge < -0.3 is 10.8 Å². The van der Waals surface area contributed by atoms with Crippen molar-refractivity contribution >= 4 is 10.0 Å². The quantitative estimate of drug-likeness (QED) is 0.744. The molecular formula is C11H22N2O3S. The minimum absolute atomic E-state index is 0.0121. The van der Waals surface area contributed by atoms with Crippen LogP contribution in [0.1, 0.15) is 32.1 Å². The summed E-state index contributed by atoms with van der Waals surface area (Å²) in [6.07, 6.45) is 4.48. The van der Waals surface area contributed by atoms with Crippen LogP contribution in [0.15, 0.2) is 0 Å². The molecule has 1 aliphatic carbocycles. The van der Waals surface area contributed by atoms with E-state index in [4.69, 9.17) is 5.73 Å². The second kappa shape index (κ2) is 4.84. The largest absolute Gasteiger partial charge is 0.390 e. The third-order valence-electron chi connectivity index (χ3n) is 4.16. The molecule has 0 aromatic carbocycles. The van der Waals surface area contributed by atoms with Gasteiger partial charge in [0.15, 0.2) is 0 Å². The van der Waals surface area contributed by atoms with E-state index >= 15 is 0 Å². The van der Waals surface area contributed by atoms with Gasteiger partial charge in [-0.1, -0.05) is 12.8 Å². The first-order valence-electron chi connectivity index (χ1n) is 6.38. The molecule has 0 aromatic rings. The predicted octanol–water partition coefficient (Wildman–Crippen LogP) is -0.0981. The van der Waals surface area contributed by atoms with Crippen molar-refractivity contribution in [2.75, 3.05) is 25.4 Å². The van der Waals surface area contributed by atoms with Crippen molar-refractivity contribution < 1.29 is 13.5 Å². The highest BCUT2D eigenvalue weighted by atomic mass is 32.2. The Morgan fingerprint density at radius 1 is 1.35 bits per heavy atom. The van der Waals surface area contributed by atoms with E-state index in [9.17, 15) is 13.5 Å². The molecule has 2 fully saturated rings. The molecule has 1 heterocycles. The van der Waals surface area contributed by atoms with Crippen molar-refractivity contribution in [3.63, 3.8) is 0 Å². The normalized spacial score (nSPS) is 35.5. The third-order valence-corrected chi connectivity index (χ3v) is 6.03. The molecule has 0 aromatic heterocycles. The smallest absolute Gasteiger partial charge is 0.215 e. The molecule has 1 saturated carbocycles. The fourth-order valence-electron chi connectivity index (χ4n) is 3.07. The van der Waals surface area contributed by atoms with E-state index in [1.807, 2.05) is 0 Å². The molecule has 2 unspecified atom stereocenters. The Hall–Kier alpha value is -0.170. The van der Waals surface area contributed by atoms with Gasteiger partial charge in [0.25, 0.3) is 0 Å². The highest BCUT2D eigenvalue weighted by Gasteiger charge is 2.44. The van der Waals surface area contributed by atoms with E-state index in [1.165, 1.54) is 4.31 Å². The van der Waals surface area contributed by atoms with E-state index in [2.05, 4.69) is 0 Å². The van der Waals surface area contributed by atoms with E-state index in [0.29, 0.717) is 19.5 Å². The first kappa shape index (κ1) is 13.3. The molecule has 0 amide bonds. The van der Waals surface area contributed by atoms with Gasteiger partial charge >= 0.3 is 0 Å². The van der Waals surface area contributed by atoms with Crippen molar-refractivity contribution in [3.05, 3.63) is 0 Å². The number of sulfonamides is 1. The van der Waals surface area contributed by atoms with Crippen LogP contribution in [-0.4, -0.2) is 48.8 Å². The zero-order valence-electron chi connectivity index (χ0n) is 10.1. The zero-order chi connectivity index (χ0) is 12.5. The van der Waals surface area contributed by atoms with Gasteiger partial charge in [0, 0.05) is 25.6 Å². The fourth-order valence-corrected chi connectivity index (χ4v) is 4.40. The molecule has 3 N–H and O–H groups in total. The van der Waals surface area contributed by atoms with Crippen molar-refractivity contribution in [2.24, 2.45) is 11.7 Å². The molecule has 2 aliphatic rings. The van der Waals surface area contributed by atoms with E-state index in [1.54, 1.807) is 0 Å². The lowest BCUT2D eigenvalue weighted by Crippen LogP contribution is -2.55. The summed E-state index contributed by atoms with van der Waals surface area (Å²) < 4.78 is 25.4. The maximum Gasteiger partial charge on any atom is 0.215 e. The van der Waals surface area contributed by atoms with Crippen LogP contribution in [0, 0.1) is 5.92 Å². The van der Waals surface area contributed by atoms with E-state index in [0.717, 1.165) is 25.7 Å². The number of aliphatic hydroxyl groups is 1. The van der Waals surface area contributed by atoms with Crippen LogP contribution in [-0.2, 0) is 10.0 Å². The van der Waals surface area contributed by atoms with Crippen LogP contribution in [0.5, 0.6) is 0 Å². The maximum absolute atomic E-state index is 11.9. The number of nitrogens with two attached hydrogens (primary N) is 1. The second-order valence-electron chi connectivity index (χ2n) is 5.26. The van der Waals surface area contributed by atoms with Gasteiger partial charge in [0.05, 0.1) is 11.4 Å². The van der Waals surface area contributed by atoms with Crippen molar-refractivity contribution in [1.29, 1.82) is 0 Å². The molecule has 5 nitrogen and oxygen atoms in total. The van der Waals surface area contributed by atoms with Crippen molar-refractivity contribution in [3.8, 4) is 0 Å². The standard InChI is InChI=1S/C11H22N2O3S/c12-6-8-17(15,16)13-7-5-11(14)4-2-1-3-10(11)9-13/h10,14H,1-9,12H2. The molecule has 0 radical (unpaired) electrons. The Labute approximate surface area is 103 Å². The average molecular weight is 262 g/mol.